The molecular weight excluding hydrogens is 250 g/mol. The summed E-state index contributed by atoms with van der Waals surface area (Å²) < 4.78 is 5.83. The van der Waals surface area contributed by atoms with Gasteiger partial charge in [-0.15, -0.1) is 0 Å². The number of aliphatic hydroxyl groups excluding tert-OH is 1. The molecule has 0 radical (unpaired) electrons. The smallest absolute Gasteiger partial charge is 0.134 e. The van der Waals surface area contributed by atoms with Crippen molar-refractivity contribution >= 4 is 11.0 Å². The van der Waals surface area contributed by atoms with Crippen LogP contribution in [0, 0.1) is 5.92 Å². The van der Waals surface area contributed by atoms with Gasteiger partial charge in [0.15, 0.2) is 0 Å². The molecule has 3 nitrogen and oxygen atoms in total. The molecule has 0 fully saturated rings. The fourth-order valence-corrected chi connectivity index (χ4v) is 2.61. The van der Waals surface area contributed by atoms with Crippen molar-refractivity contribution in [3.05, 3.63) is 36.1 Å². The Balaban J connectivity index is 1.96. The summed E-state index contributed by atoms with van der Waals surface area (Å²) >= 11 is 0. The summed E-state index contributed by atoms with van der Waals surface area (Å²) in [5.41, 5.74) is 0.914. The molecule has 20 heavy (non-hydrogen) atoms. The zero-order valence-corrected chi connectivity index (χ0v) is 12.6. The summed E-state index contributed by atoms with van der Waals surface area (Å²) in [6.45, 7) is 6.92. The average Bonchev–Trinajstić information content (AvgIpc) is 2.90. The van der Waals surface area contributed by atoms with Gasteiger partial charge in [-0.2, -0.15) is 0 Å². The molecule has 0 aliphatic heterocycles. The van der Waals surface area contributed by atoms with E-state index in [4.69, 9.17) is 4.42 Å². The molecule has 2 N–H and O–H groups in total. The van der Waals surface area contributed by atoms with Crippen LogP contribution in [0.5, 0.6) is 0 Å². The van der Waals surface area contributed by atoms with Crippen LogP contribution in [0.15, 0.2) is 34.7 Å². The van der Waals surface area contributed by atoms with Crippen molar-refractivity contribution in [3.8, 4) is 0 Å². The van der Waals surface area contributed by atoms with Crippen molar-refractivity contribution in [3.63, 3.8) is 0 Å². The lowest BCUT2D eigenvalue weighted by Gasteiger charge is -2.22. The molecule has 1 aromatic carbocycles. The van der Waals surface area contributed by atoms with Crippen LogP contribution in [0.1, 0.15) is 45.4 Å². The summed E-state index contributed by atoms with van der Waals surface area (Å²) in [7, 11) is 0. The second-order valence-electron chi connectivity index (χ2n) is 5.46. The van der Waals surface area contributed by atoms with Gasteiger partial charge < -0.3 is 14.8 Å². The van der Waals surface area contributed by atoms with Crippen molar-refractivity contribution in [2.45, 2.75) is 45.8 Å². The van der Waals surface area contributed by atoms with Crippen molar-refractivity contribution in [2.24, 2.45) is 5.92 Å². The van der Waals surface area contributed by atoms with E-state index in [9.17, 15) is 5.11 Å². The number of para-hydroxylation sites is 1. The zero-order valence-electron chi connectivity index (χ0n) is 12.6. The van der Waals surface area contributed by atoms with E-state index in [0.29, 0.717) is 12.5 Å². The van der Waals surface area contributed by atoms with E-state index < -0.39 is 0 Å². The third-order valence-electron chi connectivity index (χ3n) is 4.10. The number of fused-ring (bicyclic) bond motifs is 1. The van der Waals surface area contributed by atoms with E-state index in [0.717, 1.165) is 29.6 Å². The number of furan rings is 1. The average molecular weight is 275 g/mol. The number of aliphatic hydroxyl groups is 1. The number of rotatable bonds is 7. The molecule has 2 atom stereocenters. The zero-order chi connectivity index (χ0) is 14.5. The second-order valence-corrected chi connectivity index (χ2v) is 5.46. The molecule has 0 saturated carbocycles. The van der Waals surface area contributed by atoms with Crippen molar-refractivity contribution in [1.82, 2.24) is 5.32 Å². The van der Waals surface area contributed by atoms with Gasteiger partial charge in [0.2, 0.25) is 0 Å². The first-order chi connectivity index (χ1) is 9.65. The lowest BCUT2D eigenvalue weighted by atomic mass is 9.96. The van der Waals surface area contributed by atoms with E-state index in [-0.39, 0.29) is 12.1 Å². The first kappa shape index (κ1) is 15.1. The Morgan fingerprint density at radius 1 is 1.20 bits per heavy atom. The topological polar surface area (TPSA) is 45.4 Å². The molecule has 1 aromatic heterocycles. The molecule has 0 amide bonds. The molecule has 0 bridgehead atoms. The number of hydrogen-bond donors (Lipinski definition) is 2. The second kappa shape index (κ2) is 6.91. The highest BCUT2D eigenvalue weighted by Gasteiger charge is 2.17. The van der Waals surface area contributed by atoms with E-state index >= 15 is 0 Å². The molecule has 3 heteroatoms. The first-order valence-electron chi connectivity index (χ1n) is 7.55. The Hall–Kier alpha value is -1.32. The van der Waals surface area contributed by atoms with Crippen LogP contribution in [-0.4, -0.2) is 17.8 Å². The molecule has 0 saturated heterocycles. The van der Waals surface area contributed by atoms with E-state index in [1.165, 1.54) is 0 Å². The SMILES string of the molecule is CCC(CC)C(O)CNC(C)c1cc2ccccc2o1. The van der Waals surface area contributed by atoms with Crippen LogP contribution in [0.25, 0.3) is 11.0 Å². The fraction of sp³-hybridized carbons (Fsp3) is 0.529. The Morgan fingerprint density at radius 3 is 2.55 bits per heavy atom. The van der Waals surface area contributed by atoms with Crippen LogP contribution in [-0.2, 0) is 0 Å². The molecular formula is C17H25NO2. The third-order valence-corrected chi connectivity index (χ3v) is 4.10. The maximum Gasteiger partial charge on any atom is 0.134 e. The Bertz CT molecular complexity index is 498. The van der Waals surface area contributed by atoms with Gasteiger partial charge in [-0.05, 0) is 25.0 Å². The van der Waals surface area contributed by atoms with Crippen molar-refractivity contribution in [1.29, 1.82) is 0 Å². The molecule has 2 unspecified atom stereocenters. The van der Waals surface area contributed by atoms with Gasteiger partial charge in [-0.1, -0.05) is 44.9 Å². The molecule has 1 heterocycles. The van der Waals surface area contributed by atoms with Crippen LogP contribution in [0.4, 0.5) is 0 Å². The van der Waals surface area contributed by atoms with Crippen molar-refractivity contribution in [2.75, 3.05) is 6.54 Å². The van der Waals surface area contributed by atoms with Crippen molar-refractivity contribution < 1.29 is 9.52 Å². The maximum absolute atomic E-state index is 10.2. The predicted molar refractivity (Wildman–Crippen MR) is 82.7 cm³/mol. The largest absolute Gasteiger partial charge is 0.459 e. The molecule has 0 aliphatic carbocycles. The Morgan fingerprint density at radius 2 is 1.90 bits per heavy atom. The van der Waals surface area contributed by atoms with E-state index in [2.05, 4.69) is 32.2 Å². The van der Waals surface area contributed by atoms with E-state index in [1.807, 2.05) is 24.3 Å². The predicted octanol–water partition coefficient (Wildman–Crippen LogP) is 3.88. The Labute approximate surface area is 121 Å². The molecule has 0 aliphatic rings. The first-order valence-corrected chi connectivity index (χ1v) is 7.55. The van der Waals surface area contributed by atoms with Gasteiger partial charge in [0.1, 0.15) is 11.3 Å². The van der Waals surface area contributed by atoms with E-state index in [1.54, 1.807) is 0 Å². The molecule has 110 valence electrons. The maximum atomic E-state index is 10.2. The highest BCUT2D eigenvalue weighted by Crippen LogP contribution is 2.23. The fourth-order valence-electron chi connectivity index (χ4n) is 2.61. The lowest BCUT2D eigenvalue weighted by molar-refractivity contribution is 0.0981. The molecule has 0 spiro atoms. The number of nitrogens with one attached hydrogen (secondary N) is 1. The van der Waals surface area contributed by atoms with Crippen LogP contribution in [0.3, 0.4) is 0 Å². The summed E-state index contributed by atoms with van der Waals surface area (Å²) in [4.78, 5) is 0. The summed E-state index contributed by atoms with van der Waals surface area (Å²) in [5, 5.41) is 14.6. The van der Waals surface area contributed by atoms with Crippen LogP contribution < -0.4 is 5.32 Å². The standard InChI is InChI=1S/C17H25NO2/c1-4-13(5-2)15(19)11-18-12(3)17-10-14-8-6-7-9-16(14)20-17/h6-10,12-13,15,18-19H,4-5,11H2,1-3H3. The normalized spacial score (nSPS) is 14.8. The minimum Gasteiger partial charge on any atom is -0.459 e. The molecule has 2 rings (SSSR count). The summed E-state index contributed by atoms with van der Waals surface area (Å²) in [6.07, 6.45) is 1.73. The van der Waals surface area contributed by atoms with Gasteiger partial charge in [0.25, 0.3) is 0 Å². The number of benzene rings is 1. The van der Waals surface area contributed by atoms with Gasteiger partial charge in [0, 0.05) is 11.9 Å². The van der Waals surface area contributed by atoms with Gasteiger partial charge in [-0.25, -0.2) is 0 Å². The molecule has 2 aromatic rings. The summed E-state index contributed by atoms with van der Waals surface area (Å²) in [6, 6.07) is 10.2. The highest BCUT2D eigenvalue weighted by molar-refractivity contribution is 5.77. The third kappa shape index (κ3) is 3.41. The monoisotopic (exact) mass is 275 g/mol. The summed E-state index contributed by atoms with van der Waals surface area (Å²) in [5.74, 6) is 1.29. The van der Waals surface area contributed by atoms with Crippen LogP contribution >= 0.6 is 0 Å². The van der Waals surface area contributed by atoms with Gasteiger partial charge in [0.05, 0.1) is 12.1 Å². The Kier molecular flexibility index (Phi) is 5.21. The lowest BCUT2D eigenvalue weighted by Crippen LogP contribution is -2.33. The highest BCUT2D eigenvalue weighted by atomic mass is 16.3. The quantitative estimate of drug-likeness (QED) is 0.806. The van der Waals surface area contributed by atoms with Crippen LogP contribution in [0.2, 0.25) is 0 Å². The van der Waals surface area contributed by atoms with Gasteiger partial charge in [-0.3, -0.25) is 0 Å². The minimum atomic E-state index is -0.295. The number of hydrogen-bond acceptors (Lipinski definition) is 3. The van der Waals surface area contributed by atoms with Gasteiger partial charge >= 0.3 is 0 Å². The minimum absolute atomic E-state index is 0.103.